The molecule has 0 aromatic heterocycles. The standard InChI is InChI=1S/C17H24N2O6S/c1-4-18-16(20)12(2)25-17(21)15-6-5-11-19(15)26(22,23)14-9-7-13(24-3)8-10-14/h7-10,12,15H,4-6,11H2,1-3H3,(H,18,20)/t12-,15-/m0/s1. The summed E-state index contributed by atoms with van der Waals surface area (Å²) in [5.41, 5.74) is 0. The van der Waals surface area contributed by atoms with Gasteiger partial charge in [-0.15, -0.1) is 0 Å². The molecule has 0 radical (unpaired) electrons. The first-order valence-electron chi connectivity index (χ1n) is 8.45. The van der Waals surface area contributed by atoms with E-state index < -0.39 is 34.0 Å². The fraction of sp³-hybridized carbons (Fsp3) is 0.529. The van der Waals surface area contributed by atoms with Crippen LogP contribution in [0.5, 0.6) is 5.75 Å². The maximum atomic E-state index is 12.9. The largest absolute Gasteiger partial charge is 0.497 e. The molecule has 0 aliphatic carbocycles. The van der Waals surface area contributed by atoms with Crippen molar-refractivity contribution in [3.05, 3.63) is 24.3 Å². The summed E-state index contributed by atoms with van der Waals surface area (Å²) in [5, 5.41) is 2.56. The molecule has 1 fully saturated rings. The Hall–Kier alpha value is -2.13. The molecule has 8 nitrogen and oxygen atoms in total. The molecule has 1 saturated heterocycles. The summed E-state index contributed by atoms with van der Waals surface area (Å²) in [5.74, 6) is -0.584. The molecule has 144 valence electrons. The molecule has 1 aromatic rings. The fourth-order valence-corrected chi connectivity index (χ4v) is 4.42. The second-order valence-corrected chi connectivity index (χ2v) is 7.81. The molecular formula is C17H24N2O6S. The Bertz CT molecular complexity index is 747. The number of carbonyl (C=O) groups is 2. The van der Waals surface area contributed by atoms with Crippen LogP contribution in [0.4, 0.5) is 0 Å². The third-order valence-corrected chi connectivity index (χ3v) is 6.08. The lowest BCUT2D eigenvalue weighted by Gasteiger charge is -2.24. The van der Waals surface area contributed by atoms with Crippen LogP contribution in [0, 0.1) is 0 Å². The minimum atomic E-state index is -3.85. The Balaban J connectivity index is 2.15. The van der Waals surface area contributed by atoms with Crippen molar-refractivity contribution in [1.29, 1.82) is 0 Å². The smallest absolute Gasteiger partial charge is 0.325 e. The van der Waals surface area contributed by atoms with Crippen molar-refractivity contribution in [2.24, 2.45) is 0 Å². The molecule has 1 N–H and O–H groups in total. The molecule has 1 aromatic carbocycles. The molecule has 26 heavy (non-hydrogen) atoms. The summed E-state index contributed by atoms with van der Waals surface area (Å²) >= 11 is 0. The van der Waals surface area contributed by atoms with Gasteiger partial charge < -0.3 is 14.8 Å². The van der Waals surface area contributed by atoms with E-state index in [9.17, 15) is 18.0 Å². The number of esters is 1. The lowest BCUT2D eigenvalue weighted by Crippen LogP contribution is -2.44. The number of carbonyl (C=O) groups excluding carboxylic acids is 2. The van der Waals surface area contributed by atoms with E-state index in [4.69, 9.17) is 9.47 Å². The Labute approximate surface area is 153 Å². The van der Waals surface area contributed by atoms with E-state index in [-0.39, 0.29) is 11.4 Å². The van der Waals surface area contributed by atoms with Crippen LogP contribution in [-0.2, 0) is 24.3 Å². The van der Waals surface area contributed by atoms with Crippen LogP contribution in [0.3, 0.4) is 0 Å². The van der Waals surface area contributed by atoms with E-state index in [2.05, 4.69) is 5.32 Å². The van der Waals surface area contributed by atoms with Crippen molar-refractivity contribution < 1.29 is 27.5 Å². The number of sulfonamides is 1. The Morgan fingerprint density at radius 2 is 1.96 bits per heavy atom. The van der Waals surface area contributed by atoms with Gasteiger partial charge in [0.05, 0.1) is 12.0 Å². The summed E-state index contributed by atoms with van der Waals surface area (Å²) in [7, 11) is -2.36. The highest BCUT2D eigenvalue weighted by atomic mass is 32.2. The van der Waals surface area contributed by atoms with E-state index in [0.717, 1.165) is 4.31 Å². The van der Waals surface area contributed by atoms with Crippen LogP contribution < -0.4 is 10.1 Å². The van der Waals surface area contributed by atoms with Gasteiger partial charge in [-0.05, 0) is 51.0 Å². The number of hydrogen-bond donors (Lipinski definition) is 1. The van der Waals surface area contributed by atoms with E-state index >= 15 is 0 Å². The quantitative estimate of drug-likeness (QED) is 0.702. The molecule has 0 spiro atoms. The molecule has 1 heterocycles. The Morgan fingerprint density at radius 3 is 2.54 bits per heavy atom. The predicted molar refractivity (Wildman–Crippen MR) is 94.1 cm³/mol. The van der Waals surface area contributed by atoms with Gasteiger partial charge in [-0.2, -0.15) is 4.31 Å². The van der Waals surface area contributed by atoms with Crippen molar-refractivity contribution in [2.45, 2.75) is 43.7 Å². The normalized spacial score (nSPS) is 19.0. The number of rotatable bonds is 7. The first-order valence-corrected chi connectivity index (χ1v) is 9.89. The molecule has 1 aliphatic heterocycles. The first kappa shape index (κ1) is 20.2. The lowest BCUT2D eigenvalue weighted by atomic mass is 10.2. The molecule has 2 rings (SSSR count). The summed E-state index contributed by atoms with van der Waals surface area (Å²) in [6.07, 6.45) is -0.0744. The SMILES string of the molecule is CCNC(=O)[C@H](C)OC(=O)[C@@H]1CCCN1S(=O)(=O)c1ccc(OC)cc1. The Morgan fingerprint density at radius 1 is 1.31 bits per heavy atom. The van der Waals surface area contributed by atoms with Crippen LogP contribution in [0.15, 0.2) is 29.2 Å². The minimum Gasteiger partial charge on any atom is -0.497 e. The number of amides is 1. The highest BCUT2D eigenvalue weighted by Crippen LogP contribution is 2.28. The van der Waals surface area contributed by atoms with Crippen LogP contribution >= 0.6 is 0 Å². The molecule has 0 unspecified atom stereocenters. The topological polar surface area (TPSA) is 102 Å². The van der Waals surface area contributed by atoms with Gasteiger partial charge in [0.2, 0.25) is 10.0 Å². The molecule has 0 saturated carbocycles. The maximum Gasteiger partial charge on any atom is 0.325 e. The molecule has 9 heteroatoms. The van der Waals surface area contributed by atoms with Crippen molar-refractivity contribution >= 4 is 21.9 Å². The lowest BCUT2D eigenvalue weighted by molar-refractivity contribution is -0.157. The summed E-state index contributed by atoms with van der Waals surface area (Å²) in [6.45, 7) is 3.86. The number of nitrogens with zero attached hydrogens (tertiary/aromatic N) is 1. The van der Waals surface area contributed by atoms with Crippen LogP contribution in [0.1, 0.15) is 26.7 Å². The van der Waals surface area contributed by atoms with Gasteiger partial charge in [0.1, 0.15) is 11.8 Å². The average Bonchev–Trinajstić information content (AvgIpc) is 3.12. The molecule has 1 aliphatic rings. The molecular weight excluding hydrogens is 360 g/mol. The summed E-state index contributed by atoms with van der Waals surface area (Å²) in [6, 6.07) is 5.04. The zero-order valence-corrected chi connectivity index (χ0v) is 15.9. The Kier molecular flexibility index (Phi) is 6.60. The molecule has 0 bridgehead atoms. The van der Waals surface area contributed by atoms with Gasteiger partial charge >= 0.3 is 5.97 Å². The highest BCUT2D eigenvalue weighted by Gasteiger charge is 2.41. The first-order chi connectivity index (χ1) is 12.3. The minimum absolute atomic E-state index is 0.0785. The molecule has 2 atom stereocenters. The van der Waals surface area contributed by atoms with E-state index in [1.807, 2.05) is 0 Å². The van der Waals surface area contributed by atoms with Crippen LogP contribution in [0.25, 0.3) is 0 Å². The second kappa shape index (κ2) is 8.50. The zero-order chi connectivity index (χ0) is 19.3. The van der Waals surface area contributed by atoms with Crippen molar-refractivity contribution in [1.82, 2.24) is 9.62 Å². The van der Waals surface area contributed by atoms with Gasteiger partial charge in [0, 0.05) is 13.1 Å². The predicted octanol–water partition coefficient (Wildman–Crippen LogP) is 0.916. The zero-order valence-electron chi connectivity index (χ0n) is 15.1. The van der Waals surface area contributed by atoms with Crippen molar-refractivity contribution in [3.63, 3.8) is 0 Å². The second-order valence-electron chi connectivity index (χ2n) is 5.92. The third-order valence-electron chi connectivity index (χ3n) is 4.15. The summed E-state index contributed by atoms with van der Waals surface area (Å²) < 4.78 is 37.1. The monoisotopic (exact) mass is 384 g/mol. The number of nitrogens with one attached hydrogen (secondary N) is 1. The van der Waals surface area contributed by atoms with E-state index in [0.29, 0.717) is 25.1 Å². The van der Waals surface area contributed by atoms with Gasteiger partial charge in [-0.25, -0.2) is 8.42 Å². The number of likely N-dealkylation sites (N-methyl/N-ethyl adjacent to an activating group) is 1. The van der Waals surface area contributed by atoms with E-state index in [1.54, 1.807) is 19.1 Å². The summed E-state index contributed by atoms with van der Waals surface area (Å²) in [4.78, 5) is 24.2. The maximum absolute atomic E-state index is 12.9. The third kappa shape index (κ3) is 4.34. The number of hydrogen-bond acceptors (Lipinski definition) is 6. The van der Waals surface area contributed by atoms with Gasteiger partial charge in [-0.3, -0.25) is 9.59 Å². The van der Waals surface area contributed by atoms with Gasteiger partial charge in [0.15, 0.2) is 6.10 Å². The van der Waals surface area contributed by atoms with Crippen molar-refractivity contribution in [3.8, 4) is 5.75 Å². The number of ether oxygens (including phenoxy) is 2. The van der Waals surface area contributed by atoms with Gasteiger partial charge in [0.25, 0.3) is 5.91 Å². The number of benzene rings is 1. The van der Waals surface area contributed by atoms with Crippen LogP contribution in [0.2, 0.25) is 0 Å². The van der Waals surface area contributed by atoms with Crippen LogP contribution in [-0.4, -0.2) is 56.9 Å². The average molecular weight is 384 g/mol. The number of methoxy groups -OCH3 is 1. The van der Waals surface area contributed by atoms with Gasteiger partial charge in [-0.1, -0.05) is 0 Å². The van der Waals surface area contributed by atoms with E-state index in [1.165, 1.54) is 26.2 Å². The molecule has 1 amide bonds. The van der Waals surface area contributed by atoms with Crippen molar-refractivity contribution in [2.75, 3.05) is 20.2 Å². The fourth-order valence-electron chi connectivity index (χ4n) is 2.77. The highest BCUT2D eigenvalue weighted by molar-refractivity contribution is 7.89.